The van der Waals surface area contributed by atoms with Crippen molar-refractivity contribution < 1.29 is 0 Å². The van der Waals surface area contributed by atoms with E-state index in [1.165, 1.54) is 15.6 Å². The van der Waals surface area contributed by atoms with E-state index in [2.05, 4.69) is 10.1 Å². The molecule has 6 nitrogen and oxygen atoms in total. The highest BCUT2D eigenvalue weighted by molar-refractivity contribution is 4.74. The summed E-state index contributed by atoms with van der Waals surface area (Å²) < 4.78 is 4.79. The molecule has 0 saturated carbocycles. The maximum absolute atomic E-state index is 11.4. The second-order valence-electron chi connectivity index (χ2n) is 3.05. The van der Waals surface area contributed by atoms with E-state index < -0.39 is 0 Å². The molecular formula is C8H11N5O. The molecule has 6 heteroatoms. The highest BCUT2D eigenvalue weighted by Gasteiger charge is 2.00. The Kier molecular flexibility index (Phi) is 2.18. The molecule has 0 aliphatic carbocycles. The summed E-state index contributed by atoms with van der Waals surface area (Å²) in [5.41, 5.74) is -0.0925. The van der Waals surface area contributed by atoms with Gasteiger partial charge >= 0.3 is 5.69 Å². The zero-order valence-electron chi connectivity index (χ0n) is 7.87. The fourth-order valence-electron chi connectivity index (χ4n) is 1.20. The molecule has 74 valence electrons. The van der Waals surface area contributed by atoms with E-state index >= 15 is 0 Å². The average molecular weight is 193 g/mol. The van der Waals surface area contributed by atoms with Crippen molar-refractivity contribution in [2.24, 2.45) is 7.05 Å². The lowest BCUT2D eigenvalue weighted by Gasteiger charge is -2.00. The molecular weight excluding hydrogens is 182 g/mol. The molecule has 2 aromatic rings. The van der Waals surface area contributed by atoms with Gasteiger partial charge < -0.3 is 4.57 Å². The SMILES string of the molecule is Cn1cnn(CCn2ccnc2)c1=O. The Morgan fingerprint density at radius 2 is 2.21 bits per heavy atom. The fourth-order valence-corrected chi connectivity index (χ4v) is 1.20. The molecule has 2 aromatic heterocycles. The summed E-state index contributed by atoms with van der Waals surface area (Å²) in [5.74, 6) is 0. The molecule has 0 unspecified atom stereocenters. The lowest BCUT2D eigenvalue weighted by molar-refractivity contribution is 0.515. The molecule has 14 heavy (non-hydrogen) atoms. The van der Waals surface area contributed by atoms with Gasteiger partial charge in [-0.25, -0.2) is 14.5 Å². The third-order valence-electron chi connectivity index (χ3n) is 2.02. The molecule has 2 rings (SSSR count). The standard InChI is InChI=1S/C8H11N5O/c1-11-7-10-13(8(11)14)5-4-12-3-2-9-6-12/h2-3,6-7H,4-5H2,1H3. The van der Waals surface area contributed by atoms with E-state index in [0.29, 0.717) is 13.1 Å². The molecule has 0 bridgehead atoms. The topological polar surface area (TPSA) is 57.6 Å². The van der Waals surface area contributed by atoms with E-state index in [-0.39, 0.29) is 5.69 Å². The normalized spacial score (nSPS) is 10.6. The third kappa shape index (κ3) is 1.59. The lowest BCUT2D eigenvalue weighted by Crippen LogP contribution is -2.24. The Balaban J connectivity index is 2.06. The number of imidazole rings is 1. The number of nitrogens with zero attached hydrogens (tertiary/aromatic N) is 5. The quantitative estimate of drug-likeness (QED) is 0.659. The molecule has 0 amide bonds. The summed E-state index contributed by atoms with van der Waals surface area (Å²) in [7, 11) is 1.68. The van der Waals surface area contributed by atoms with Gasteiger partial charge in [0, 0.05) is 26.0 Å². The number of aromatic nitrogens is 5. The minimum Gasteiger partial charge on any atom is -0.336 e. The lowest BCUT2D eigenvalue weighted by atomic mass is 10.6. The van der Waals surface area contributed by atoms with Gasteiger partial charge in [-0.2, -0.15) is 5.10 Å². The highest BCUT2D eigenvalue weighted by Crippen LogP contribution is 1.87. The van der Waals surface area contributed by atoms with Gasteiger partial charge in [0.05, 0.1) is 12.9 Å². The first-order valence-corrected chi connectivity index (χ1v) is 4.31. The van der Waals surface area contributed by atoms with E-state index in [9.17, 15) is 4.79 Å². The van der Waals surface area contributed by atoms with Crippen LogP contribution in [0.4, 0.5) is 0 Å². The van der Waals surface area contributed by atoms with Crippen LogP contribution in [-0.2, 0) is 20.1 Å². The van der Waals surface area contributed by atoms with E-state index in [0.717, 1.165) is 0 Å². The minimum absolute atomic E-state index is 0.0925. The molecule has 0 fully saturated rings. The Hall–Kier alpha value is -1.85. The van der Waals surface area contributed by atoms with E-state index in [4.69, 9.17) is 0 Å². The molecule has 2 heterocycles. The van der Waals surface area contributed by atoms with Crippen LogP contribution in [0.15, 0.2) is 29.8 Å². The Bertz CT molecular complexity index is 452. The molecule has 0 aliphatic rings. The number of hydrogen-bond donors (Lipinski definition) is 0. The number of hydrogen-bond acceptors (Lipinski definition) is 3. The predicted octanol–water partition coefficient (Wildman–Crippen LogP) is -0.522. The molecule has 0 spiro atoms. The van der Waals surface area contributed by atoms with Crippen LogP contribution in [-0.4, -0.2) is 23.9 Å². The predicted molar refractivity (Wildman–Crippen MR) is 49.7 cm³/mol. The summed E-state index contributed by atoms with van der Waals surface area (Å²) >= 11 is 0. The van der Waals surface area contributed by atoms with Crippen LogP contribution in [0, 0.1) is 0 Å². The first-order chi connectivity index (χ1) is 6.77. The van der Waals surface area contributed by atoms with Crippen molar-refractivity contribution in [1.82, 2.24) is 23.9 Å². The monoisotopic (exact) mass is 193 g/mol. The second kappa shape index (κ2) is 3.49. The van der Waals surface area contributed by atoms with Gasteiger partial charge in [0.25, 0.3) is 0 Å². The minimum atomic E-state index is -0.0925. The first kappa shape index (κ1) is 8.74. The molecule has 0 saturated heterocycles. The van der Waals surface area contributed by atoms with Crippen LogP contribution < -0.4 is 5.69 Å². The van der Waals surface area contributed by atoms with Crippen molar-refractivity contribution in [2.45, 2.75) is 13.1 Å². The van der Waals surface area contributed by atoms with Crippen LogP contribution in [0.2, 0.25) is 0 Å². The van der Waals surface area contributed by atoms with E-state index in [1.54, 1.807) is 19.6 Å². The van der Waals surface area contributed by atoms with Gasteiger partial charge in [-0.15, -0.1) is 0 Å². The number of aryl methyl sites for hydroxylation is 3. The van der Waals surface area contributed by atoms with Gasteiger partial charge in [0.2, 0.25) is 0 Å². The van der Waals surface area contributed by atoms with Crippen molar-refractivity contribution in [1.29, 1.82) is 0 Å². The van der Waals surface area contributed by atoms with Crippen molar-refractivity contribution in [2.75, 3.05) is 0 Å². The van der Waals surface area contributed by atoms with Crippen LogP contribution in [0.3, 0.4) is 0 Å². The summed E-state index contributed by atoms with van der Waals surface area (Å²) in [6.45, 7) is 1.27. The third-order valence-corrected chi connectivity index (χ3v) is 2.02. The Morgan fingerprint density at radius 1 is 1.36 bits per heavy atom. The van der Waals surface area contributed by atoms with Gasteiger partial charge in [-0.1, -0.05) is 0 Å². The van der Waals surface area contributed by atoms with Gasteiger partial charge in [-0.3, -0.25) is 4.57 Å². The molecule has 0 atom stereocenters. The van der Waals surface area contributed by atoms with Gasteiger partial charge in [0.15, 0.2) is 0 Å². The van der Waals surface area contributed by atoms with E-state index in [1.807, 2.05) is 10.8 Å². The Labute approximate surface area is 80.4 Å². The zero-order valence-corrected chi connectivity index (χ0v) is 7.87. The Morgan fingerprint density at radius 3 is 2.79 bits per heavy atom. The summed E-state index contributed by atoms with van der Waals surface area (Å²) in [6, 6.07) is 0. The van der Waals surface area contributed by atoms with Crippen LogP contribution in [0.1, 0.15) is 0 Å². The maximum Gasteiger partial charge on any atom is 0.345 e. The smallest absolute Gasteiger partial charge is 0.336 e. The average Bonchev–Trinajstić information content (AvgIpc) is 2.77. The summed E-state index contributed by atoms with van der Waals surface area (Å²) in [6.07, 6.45) is 6.79. The fraction of sp³-hybridized carbons (Fsp3) is 0.375. The molecule has 0 aliphatic heterocycles. The van der Waals surface area contributed by atoms with Crippen LogP contribution in [0.5, 0.6) is 0 Å². The van der Waals surface area contributed by atoms with Crippen LogP contribution >= 0.6 is 0 Å². The summed E-state index contributed by atoms with van der Waals surface area (Å²) in [5, 5.41) is 3.95. The van der Waals surface area contributed by atoms with Crippen molar-refractivity contribution in [3.63, 3.8) is 0 Å². The van der Waals surface area contributed by atoms with Crippen molar-refractivity contribution >= 4 is 0 Å². The molecule has 0 radical (unpaired) electrons. The van der Waals surface area contributed by atoms with Gasteiger partial charge in [-0.05, 0) is 0 Å². The largest absolute Gasteiger partial charge is 0.345 e. The molecule has 0 aromatic carbocycles. The first-order valence-electron chi connectivity index (χ1n) is 4.31. The maximum atomic E-state index is 11.4. The van der Waals surface area contributed by atoms with Crippen LogP contribution in [0.25, 0.3) is 0 Å². The van der Waals surface area contributed by atoms with Gasteiger partial charge in [0.1, 0.15) is 6.33 Å². The van der Waals surface area contributed by atoms with Crippen molar-refractivity contribution in [3.8, 4) is 0 Å². The summed E-state index contributed by atoms with van der Waals surface area (Å²) in [4.78, 5) is 15.3. The van der Waals surface area contributed by atoms with Crippen molar-refractivity contribution in [3.05, 3.63) is 35.5 Å². The zero-order chi connectivity index (χ0) is 9.97. The molecule has 0 N–H and O–H groups in total. The number of rotatable bonds is 3. The second-order valence-corrected chi connectivity index (χ2v) is 3.05. The highest BCUT2D eigenvalue weighted by atomic mass is 16.2.